The Labute approximate surface area is 173 Å². The van der Waals surface area contributed by atoms with Gasteiger partial charge in [0.25, 0.3) is 5.91 Å². The number of carbonyl (C=O) groups is 1. The number of piperidine rings is 1. The van der Waals surface area contributed by atoms with Gasteiger partial charge in [-0.15, -0.1) is 0 Å². The molecule has 2 heterocycles. The fraction of sp³-hybridized carbons (Fsp3) is 0.583. The SMILES string of the molecule is Cc1ccc(-n2nc(C(=O)N3CCC(NCC4CC4)CC3)c3c2CCCC3)cc1. The van der Waals surface area contributed by atoms with Gasteiger partial charge in [0.2, 0.25) is 0 Å². The molecule has 0 spiro atoms. The largest absolute Gasteiger partial charge is 0.337 e. The lowest BCUT2D eigenvalue weighted by Gasteiger charge is -2.32. The van der Waals surface area contributed by atoms with Crippen LogP contribution in [-0.4, -0.2) is 46.3 Å². The minimum atomic E-state index is 0.134. The molecule has 154 valence electrons. The van der Waals surface area contributed by atoms with Crippen LogP contribution in [0.1, 0.15) is 65.8 Å². The fourth-order valence-corrected chi connectivity index (χ4v) is 4.76. The van der Waals surface area contributed by atoms with Gasteiger partial charge in [-0.2, -0.15) is 5.10 Å². The Morgan fingerprint density at radius 3 is 2.52 bits per heavy atom. The lowest BCUT2D eigenvalue weighted by Crippen LogP contribution is -2.45. The first-order valence-electron chi connectivity index (χ1n) is 11.4. The van der Waals surface area contributed by atoms with Gasteiger partial charge < -0.3 is 10.2 Å². The van der Waals surface area contributed by atoms with E-state index in [1.165, 1.54) is 36.1 Å². The molecule has 5 rings (SSSR count). The van der Waals surface area contributed by atoms with Crippen molar-refractivity contribution < 1.29 is 4.79 Å². The quantitative estimate of drug-likeness (QED) is 0.845. The Morgan fingerprint density at radius 1 is 1.07 bits per heavy atom. The highest BCUT2D eigenvalue weighted by Gasteiger charge is 2.31. The van der Waals surface area contributed by atoms with Crippen LogP contribution in [0.5, 0.6) is 0 Å². The zero-order valence-corrected chi connectivity index (χ0v) is 17.5. The van der Waals surface area contributed by atoms with E-state index in [-0.39, 0.29) is 5.91 Å². The summed E-state index contributed by atoms with van der Waals surface area (Å²) in [7, 11) is 0. The van der Waals surface area contributed by atoms with Crippen LogP contribution < -0.4 is 5.32 Å². The van der Waals surface area contributed by atoms with Crippen LogP contribution in [0.25, 0.3) is 5.69 Å². The Morgan fingerprint density at radius 2 is 1.79 bits per heavy atom. The molecule has 1 saturated carbocycles. The van der Waals surface area contributed by atoms with E-state index in [2.05, 4.69) is 36.5 Å². The second-order valence-corrected chi connectivity index (χ2v) is 9.15. The molecule has 1 amide bonds. The molecule has 1 aromatic heterocycles. The first-order chi connectivity index (χ1) is 14.2. The molecular weight excluding hydrogens is 360 g/mol. The van der Waals surface area contributed by atoms with E-state index in [0.29, 0.717) is 11.7 Å². The number of amides is 1. The van der Waals surface area contributed by atoms with Crippen LogP contribution >= 0.6 is 0 Å². The van der Waals surface area contributed by atoms with Crippen molar-refractivity contribution in [1.82, 2.24) is 20.0 Å². The number of nitrogens with one attached hydrogen (secondary N) is 1. The van der Waals surface area contributed by atoms with E-state index in [4.69, 9.17) is 5.10 Å². The Bertz CT molecular complexity index is 873. The van der Waals surface area contributed by atoms with E-state index in [0.717, 1.165) is 63.3 Å². The molecule has 2 aliphatic carbocycles. The number of rotatable bonds is 5. The molecule has 29 heavy (non-hydrogen) atoms. The van der Waals surface area contributed by atoms with Crippen molar-refractivity contribution in [1.29, 1.82) is 0 Å². The molecule has 1 N–H and O–H groups in total. The summed E-state index contributed by atoms with van der Waals surface area (Å²) in [5.41, 5.74) is 5.44. The normalized spacial score (nSPS) is 20.0. The van der Waals surface area contributed by atoms with Gasteiger partial charge in [0.05, 0.1) is 5.69 Å². The Balaban J connectivity index is 1.33. The standard InChI is InChI=1S/C24H32N4O/c1-17-6-10-20(11-7-17)28-22-5-3-2-4-21(22)23(26-28)24(29)27-14-12-19(13-15-27)25-16-18-8-9-18/h6-7,10-11,18-19,25H,2-5,8-9,12-16H2,1H3. The molecule has 5 nitrogen and oxygen atoms in total. The number of hydrogen-bond acceptors (Lipinski definition) is 3. The molecule has 2 aromatic rings. The van der Waals surface area contributed by atoms with Crippen molar-refractivity contribution in [2.24, 2.45) is 5.92 Å². The van der Waals surface area contributed by atoms with E-state index in [1.807, 2.05) is 9.58 Å². The molecule has 2 fully saturated rings. The van der Waals surface area contributed by atoms with Gasteiger partial charge in [-0.1, -0.05) is 17.7 Å². The van der Waals surface area contributed by atoms with E-state index >= 15 is 0 Å². The third kappa shape index (κ3) is 3.97. The number of aromatic nitrogens is 2. The van der Waals surface area contributed by atoms with Crippen molar-refractivity contribution in [2.75, 3.05) is 19.6 Å². The molecule has 1 aliphatic heterocycles. The monoisotopic (exact) mass is 392 g/mol. The second kappa shape index (κ2) is 7.94. The van der Waals surface area contributed by atoms with Crippen molar-refractivity contribution >= 4 is 5.91 Å². The summed E-state index contributed by atoms with van der Waals surface area (Å²) in [5, 5.41) is 8.57. The molecule has 1 saturated heterocycles. The first-order valence-corrected chi connectivity index (χ1v) is 11.4. The smallest absolute Gasteiger partial charge is 0.274 e. The molecule has 0 unspecified atom stereocenters. The van der Waals surface area contributed by atoms with Gasteiger partial charge in [-0.25, -0.2) is 4.68 Å². The maximum absolute atomic E-state index is 13.4. The molecule has 1 aromatic carbocycles. The highest BCUT2D eigenvalue weighted by Crippen LogP contribution is 2.29. The molecule has 3 aliphatic rings. The third-order valence-electron chi connectivity index (χ3n) is 6.84. The lowest BCUT2D eigenvalue weighted by atomic mass is 9.94. The van der Waals surface area contributed by atoms with Crippen LogP contribution in [0.2, 0.25) is 0 Å². The summed E-state index contributed by atoms with van der Waals surface area (Å²) < 4.78 is 2.03. The van der Waals surface area contributed by atoms with E-state index in [9.17, 15) is 4.79 Å². The maximum atomic E-state index is 13.4. The maximum Gasteiger partial charge on any atom is 0.274 e. The minimum absolute atomic E-state index is 0.134. The summed E-state index contributed by atoms with van der Waals surface area (Å²) in [5.74, 6) is 1.04. The summed E-state index contributed by atoms with van der Waals surface area (Å²) in [6, 6.07) is 9.03. The zero-order chi connectivity index (χ0) is 19.8. The van der Waals surface area contributed by atoms with Crippen LogP contribution in [0.4, 0.5) is 0 Å². The fourth-order valence-electron chi connectivity index (χ4n) is 4.76. The second-order valence-electron chi connectivity index (χ2n) is 9.15. The molecular formula is C24H32N4O. The van der Waals surface area contributed by atoms with Crippen LogP contribution in [-0.2, 0) is 12.8 Å². The van der Waals surface area contributed by atoms with E-state index in [1.54, 1.807) is 0 Å². The van der Waals surface area contributed by atoms with Crippen molar-refractivity contribution in [3.63, 3.8) is 0 Å². The zero-order valence-electron chi connectivity index (χ0n) is 17.5. The lowest BCUT2D eigenvalue weighted by molar-refractivity contribution is 0.0697. The first kappa shape index (κ1) is 18.9. The number of aryl methyl sites for hydroxylation is 1. The average Bonchev–Trinajstić information content (AvgIpc) is 3.52. The van der Waals surface area contributed by atoms with Gasteiger partial charge in [-0.05, 0) is 82.9 Å². The Kier molecular flexibility index (Phi) is 5.17. The van der Waals surface area contributed by atoms with Gasteiger partial charge in [0.1, 0.15) is 0 Å². The minimum Gasteiger partial charge on any atom is -0.337 e. The van der Waals surface area contributed by atoms with Crippen LogP contribution in [0, 0.1) is 12.8 Å². The average molecular weight is 393 g/mol. The number of hydrogen-bond donors (Lipinski definition) is 1. The predicted octanol–water partition coefficient (Wildman–Crippen LogP) is 3.66. The predicted molar refractivity (Wildman–Crippen MR) is 115 cm³/mol. The van der Waals surface area contributed by atoms with E-state index < -0.39 is 0 Å². The number of likely N-dealkylation sites (tertiary alicyclic amines) is 1. The summed E-state index contributed by atoms with van der Waals surface area (Å²) in [6.45, 7) is 4.94. The summed E-state index contributed by atoms with van der Waals surface area (Å²) in [4.78, 5) is 15.4. The van der Waals surface area contributed by atoms with Crippen LogP contribution in [0.3, 0.4) is 0 Å². The third-order valence-corrected chi connectivity index (χ3v) is 6.84. The highest BCUT2D eigenvalue weighted by atomic mass is 16.2. The molecule has 0 radical (unpaired) electrons. The van der Waals surface area contributed by atoms with Gasteiger partial charge in [-0.3, -0.25) is 4.79 Å². The Hall–Kier alpha value is -2.14. The molecule has 5 heteroatoms. The van der Waals surface area contributed by atoms with Crippen molar-refractivity contribution in [3.05, 3.63) is 46.8 Å². The van der Waals surface area contributed by atoms with Gasteiger partial charge >= 0.3 is 0 Å². The van der Waals surface area contributed by atoms with Gasteiger partial charge in [0, 0.05) is 30.4 Å². The summed E-state index contributed by atoms with van der Waals surface area (Å²) >= 11 is 0. The number of fused-ring (bicyclic) bond motifs is 1. The highest BCUT2D eigenvalue weighted by molar-refractivity contribution is 5.94. The van der Waals surface area contributed by atoms with Crippen molar-refractivity contribution in [3.8, 4) is 5.69 Å². The summed E-state index contributed by atoms with van der Waals surface area (Å²) in [6.07, 6.45) is 9.20. The molecule has 0 bridgehead atoms. The number of benzene rings is 1. The topological polar surface area (TPSA) is 50.2 Å². The number of carbonyl (C=O) groups excluding carboxylic acids is 1. The number of nitrogens with zero attached hydrogens (tertiary/aromatic N) is 3. The van der Waals surface area contributed by atoms with Crippen LogP contribution in [0.15, 0.2) is 24.3 Å². The molecule has 0 atom stereocenters. The van der Waals surface area contributed by atoms with Crippen molar-refractivity contribution in [2.45, 2.75) is 64.3 Å². The van der Waals surface area contributed by atoms with Gasteiger partial charge in [0.15, 0.2) is 5.69 Å².